The molecule has 0 saturated heterocycles. The molecule has 3 unspecified atom stereocenters. The Balaban J connectivity index is 4.29. The van der Waals surface area contributed by atoms with Crippen LogP contribution in [0, 0.1) is 0 Å². The molecule has 11 nitrogen and oxygen atoms in total. The molecule has 0 aliphatic carbocycles. The molecule has 4 N–H and O–H groups in total. The fourth-order valence-electron chi connectivity index (χ4n) is 6.11. The van der Waals surface area contributed by atoms with Crippen molar-refractivity contribution in [3.05, 3.63) is 60.8 Å². The molecule has 12 heteroatoms. The highest BCUT2D eigenvalue weighted by Gasteiger charge is 2.28. The Morgan fingerprint density at radius 1 is 0.533 bits per heavy atom. The van der Waals surface area contributed by atoms with E-state index in [4.69, 9.17) is 24.8 Å². The lowest BCUT2D eigenvalue weighted by atomic mass is 10.0. The number of carbonyl (C=O) groups excluding carboxylic acids is 2. The molecule has 0 saturated carbocycles. The van der Waals surface area contributed by atoms with Crippen molar-refractivity contribution in [2.24, 2.45) is 5.73 Å². The standard InChI is InChI=1S/C48H84NO10P/c1-3-5-7-9-11-13-15-17-18-19-20-21-22-23-24-25-26-28-30-32-34-36-38-40-47(51)59-44(42-57-60(54,55)58-43-45(49)48(52)53)41-56-46(50)39-37-35-33-31-29-27-16-14-12-10-8-6-4-2/h5,7,11,13-14,16-18,20-21,44-45H,3-4,6,8-10,12,15,19,22-43,49H2,1-2H3,(H,52,53)(H,54,55)/b7-5-,13-11-,16-14-,18-17-,21-20-. The van der Waals surface area contributed by atoms with Gasteiger partial charge in [-0.2, -0.15) is 0 Å². The Morgan fingerprint density at radius 2 is 0.933 bits per heavy atom. The Morgan fingerprint density at radius 3 is 1.42 bits per heavy atom. The van der Waals surface area contributed by atoms with Crippen LogP contribution in [-0.2, 0) is 37.5 Å². The van der Waals surface area contributed by atoms with Crippen molar-refractivity contribution >= 4 is 25.7 Å². The predicted octanol–water partition coefficient (Wildman–Crippen LogP) is 12.7. The number of phosphoric acid groups is 1. The number of aliphatic carboxylic acids is 1. The molecule has 0 heterocycles. The summed E-state index contributed by atoms with van der Waals surface area (Å²) in [4.78, 5) is 46.0. The van der Waals surface area contributed by atoms with Crippen molar-refractivity contribution in [2.45, 2.75) is 206 Å². The van der Waals surface area contributed by atoms with E-state index in [0.717, 1.165) is 89.9 Å². The summed E-state index contributed by atoms with van der Waals surface area (Å²) in [7, 11) is -4.72. The molecule has 0 aliphatic heterocycles. The average molecular weight is 866 g/mol. The van der Waals surface area contributed by atoms with Crippen LogP contribution in [0.2, 0.25) is 0 Å². The number of phosphoric ester groups is 1. The minimum Gasteiger partial charge on any atom is -0.480 e. The van der Waals surface area contributed by atoms with Crippen LogP contribution in [0.4, 0.5) is 0 Å². The summed E-state index contributed by atoms with van der Waals surface area (Å²) in [5, 5.41) is 8.90. The van der Waals surface area contributed by atoms with Gasteiger partial charge >= 0.3 is 25.7 Å². The van der Waals surface area contributed by atoms with Crippen LogP contribution >= 0.6 is 7.82 Å². The summed E-state index contributed by atoms with van der Waals surface area (Å²) in [5.41, 5.74) is 5.34. The number of hydrogen-bond acceptors (Lipinski definition) is 9. The highest BCUT2D eigenvalue weighted by atomic mass is 31.2. The maximum atomic E-state index is 12.7. The minimum atomic E-state index is -4.72. The molecular formula is C48H84NO10P. The minimum absolute atomic E-state index is 0.152. The van der Waals surface area contributed by atoms with Crippen LogP contribution in [0.3, 0.4) is 0 Å². The summed E-state index contributed by atoms with van der Waals surface area (Å²) in [6.07, 6.45) is 50.0. The lowest BCUT2D eigenvalue weighted by molar-refractivity contribution is -0.161. The largest absolute Gasteiger partial charge is 0.480 e. The first-order valence-corrected chi connectivity index (χ1v) is 24.8. The summed E-state index contributed by atoms with van der Waals surface area (Å²) >= 11 is 0. The molecule has 0 radical (unpaired) electrons. The Bertz CT molecular complexity index is 1250. The van der Waals surface area contributed by atoms with Crippen molar-refractivity contribution in [2.75, 3.05) is 19.8 Å². The van der Waals surface area contributed by atoms with Gasteiger partial charge in [0.05, 0.1) is 13.2 Å². The molecule has 60 heavy (non-hydrogen) atoms. The number of rotatable bonds is 43. The van der Waals surface area contributed by atoms with Crippen molar-refractivity contribution in [1.82, 2.24) is 0 Å². The summed E-state index contributed by atoms with van der Waals surface area (Å²) in [6, 6.07) is -1.52. The van der Waals surface area contributed by atoms with Gasteiger partial charge < -0.3 is 25.2 Å². The third-order valence-electron chi connectivity index (χ3n) is 9.75. The maximum Gasteiger partial charge on any atom is 0.472 e. The fraction of sp³-hybridized carbons (Fsp3) is 0.729. The molecule has 0 aliphatic rings. The van der Waals surface area contributed by atoms with E-state index in [-0.39, 0.29) is 19.4 Å². The van der Waals surface area contributed by atoms with Crippen molar-refractivity contribution < 1.29 is 47.5 Å². The van der Waals surface area contributed by atoms with Gasteiger partial charge in [0.2, 0.25) is 0 Å². The van der Waals surface area contributed by atoms with Gasteiger partial charge in [-0.3, -0.25) is 23.4 Å². The van der Waals surface area contributed by atoms with Gasteiger partial charge in [0.1, 0.15) is 12.6 Å². The van der Waals surface area contributed by atoms with E-state index >= 15 is 0 Å². The number of carboxylic acids is 1. The molecule has 346 valence electrons. The number of ether oxygens (including phenoxy) is 2. The highest BCUT2D eigenvalue weighted by molar-refractivity contribution is 7.47. The lowest BCUT2D eigenvalue weighted by Gasteiger charge is -2.20. The number of esters is 2. The van der Waals surface area contributed by atoms with Gasteiger partial charge in [0.15, 0.2) is 6.10 Å². The maximum absolute atomic E-state index is 12.7. The van der Waals surface area contributed by atoms with Crippen molar-refractivity contribution in [3.8, 4) is 0 Å². The first kappa shape index (κ1) is 57.2. The number of carboxylic acid groups (broad SMARTS) is 1. The summed E-state index contributed by atoms with van der Waals surface area (Å²) in [6.45, 7) is 2.66. The normalized spacial score (nSPS) is 14.2. The topological polar surface area (TPSA) is 172 Å². The van der Waals surface area contributed by atoms with Gasteiger partial charge in [-0.1, -0.05) is 164 Å². The van der Waals surface area contributed by atoms with E-state index in [1.54, 1.807) is 0 Å². The number of allylic oxidation sites excluding steroid dienone is 10. The van der Waals surface area contributed by atoms with Gasteiger partial charge in [0, 0.05) is 12.8 Å². The number of nitrogens with two attached hydrogens (primary N) is 1. The molecule has 0 spiro atoms. The van der Waals surface area contributed by atoms with E-state index in [1.807, 2.05) is 0 Å². The van der Waals surface area contributed by atoms with Crippen molar-refractivity contribution in [1.29, 1.82) is 0 Å². The second kappa shape index (κ2) is 42.9. The molecular weight excluding hydrogens is 781 g/mol. The van der Waals surface area contributed by atoms with Crippen molar-refractivity contribution in [3.63, 3.8) is 0 Å². The van der Waals surface area contributed by atoms with Crippen LogP contribution in [-0.4, -0.2) is 59.9 Å². The van der Waals surface area contributed by atoms with Crippen LogP contribution in [0.15, 0.2) is 60.8 Å². The molecule has 0 bridgehead atoms. The monoisotopic (exact) mass is 866 g/mol. The van der Waals surface area contributed by atoms with Gasteiger partial charge in [0.25, 0.3) is 0 Å². The molecule has 0 rings (SSSR count). The fourth-order valence-corrected chi connectivity index (χ4v) is 6.89. The molecule has 0 fully saturated rings. The number of hydrogen-bond donors (Lipinski definition) is 3. The van der Waals surface area contributed by atoms with E-state index in [0.29, 0.717) is 12.8 Å². The Hall–Kier alpha value is -2.82. The van der Waals surface area contributed by atoms with Crippen LogP contribution < -0.4 is 5.73 Å². The Labute approximate surface area is 364 Å². The average Bonchev–Trinajstić information content (AvgIpc) is 3.22. The number of unbranched alkanes of at least 4 members (excludes halogenated alkanes) is 19. The second-order valence-electron chi connectivity index (χ2n) is 15.5. The predicted molar refractivity (Wildman–Crippen MR) is 245 cm³/mol. The van der Waals surface area contributed by atoms with Crippen LogP contribution in [0.25, 0.3) is 0 Å². The first-order chi connectivity index (χ1) is 29.1. The van der Waals surface area contributed by atoms with Crippen LogP contribution in [0.5, 0.6) is 0 Å². The zero-order valence-electron chi connectivity index (χ0n) is 37.5. The summed E-state index contributed by atoms with van der Waals surface area (Å²) in [5.74, 6) is -2.40. The number of carbonyl (C=O) groups is 3. The lowest BCUT2D eigenvalue weighted by Crippen LogP contribution is -2.34. The third-order valence-corrected chi connectivity index (χ3v) is 10.7. The zero-order chi connectivity index (χ0) is 44.2. The van der Waals surface area contributed by atoms with E-state index in [9.17, 15) is 23.8 Å². The second-order valence-corrected chi connectivity index (χ2v) is 17.0. The van der Waals surface area contributed by atoms with Gasteiger partial charge in [-0.25, -0.2) is 4.57 Å². The molecule has 3 atom stereocenters. The smallest absolute Gasteiger partial charge is 0.472 e. The Kier molecular flexibility index (Phi) is 40.8. The first-order valence-electron chi connectivity index (χ1n) is 23.3. The zero-order valence-corrected chi connectivity index (χ0v) is 38.4. The SMILES string of the molecule is CC/C=C\C/C=C\C/C=C\C/C=C\CCCCCCCCCCCCC(=O)OC(COC(=O)CCCCCCC/C=C\CCCCCC)COP(=O)(O)OCC(N)C(=O)O. The quantitative estimate of drug-likeness (QED) is 0.0230. The molecule has 0 aromatic heterocycles. The molecule has 0 amide bonds. The van der Waals surface area contributed by atoms with Crippen LogP contribution in [0.1, 0.15) is 194 Å². The van der Waals surface area contributed by atoms with E-state index in [2.05, 4.69) is 79.1 Å². The van der Waals surface area contributed by atoms with E-state index < -0.39 is 51.1 Å². The highest BCUT2D eigenvalue weighted by Crippen LogP contribution is 2.43. The van der Waals surface area contributed by atoms with Gasteiger partial charge in [-0.05, 0) is 77.0 Å². The van der Waals surface area contributed by atoms with Gasteiger partial charge in [-0.15, -0.1) is 0 Å². The molecule has 0 aromatic rings. The van der Waals surface area contributed by atoms with E-state index in [1.165, 1.54) is 64.2 Å². The molecule has 0 aromatic carbocycles. The summed E-state index contributed by atoms with van der Waals surface area (Å²) < 4.78 is 32.7. The third kappa shape index (κ3) is 41.9.